The van der Waals surface area contributed by atoms with Crippen molar-refractivity contribution in [3.8, 4) is 0 Å². The molecule has 0 saturated heterocycles. The van der Waals surface area contributed by atoms with Crippen molar-refractivity contribution in [2.45, 2.75) is 144 Å². The van der Waals surface area contributed by atoms with E-state index in [1.165, 1.54) is 32.6 Å². The van der Waals surface area contributed by atoms with Crippen LogP contribution in [0, 0.1) is 10.8 Å². The van der Waals surface area contributed by atoms with Crippen molar-refractivity contribution < 1.29 is 28.6 Å². The first-order valence-corrected chi connectivity index (χ1v) is 13.6. The highest BCUT2D eigenvalue weighted by Gasteiger charge is 2.46. The standard InChI is InChI=1S/C28H50O6/c1-7-9-10-11-12-16-19-32-25(30)27(4,5)21-28(6,20-23(8-2)33-22(3)29)26(31)34-24-17-14-13-15-18-24/h23-24H,7-21H2,1-6H3. The molecule has 0 N–H and O–H groups in total. The fraction of sp³-hybridized carbons (Fsp3) is 0.893. The van der Waals surface area contributed by atoms with E-state index in [0.29, 0.717) is 19.4 Å². The molecule has 1 fully saturated rings. The summed E-state index contributed by atoms with van der Waals surface area (Å²) in [6, 6.07) is 0. The van der Waals surface area contributed by atoms with Gasteiger partial charge in [0, 0.05) is 13.3 Å². The molecule has 0 amide bonds. The van der Waals surface area contributed by atoms with Gasteiger partial charge in [-0.3, -0.25) is 14.4 Å². The SMILES string of the molecule is CCCCCCCCOC(=O)C(C)(C)CC(C)(CC(CC)OC(C)=O)C(=O)OC1CCCCC1. The lowest BCUT2D eigenvalue weighted by molar-refractivity contribution is -0.172. The van der Waals surface area contributed by atoms with Gasteiger partial charge in [-0.2, -0.15) is 0 Å². The topological polar surface area (TPSA) is 78.9 Å². The van der Waals surface area contributed by atoms with Gasteiger partial charge < -0.3 is 14.2 Å². The van der Waals surface area contributed by atoms with Crippen LogP contribution < -0.4 is 0 Å². The molecule has 34 heavy (non-hydrogen) atoms. The second kappa shape index (κ2) is 15.4. The maximum absolute atomic E-state index is 13.4. The van der Waals surface area contributed by atoms with E-state index in [1.54, 1.807) is 0 Å². The summed E-state index contributed by atoms with van der Waals surface area (Å²) < 4.78 is 17.0. The smallest absolute Gasteiger partial charge is 0.312 e. The molecule has 1 aliphatic carbocycles. The van der Waals surface area contributed by atoms with Gasteiger partial charge in [-0.05, 0) is 65.7 Å². The van der Waals surface area contributed by atoms with Crippen molar-refractivity contribution in [1.82, 2.24) is 0 Å². The van der Waals surface area contributed by atoms with Gasteiger partial charge in [-0.25, -0.2) is 0 Å². The number of unbranched alkanes of at least 4 members (excludes halogenated alkanes) is 5. The average molecular weight is 483 g/mol. The molecule has 0 bridgehead atoms. The van der Waals surface area contributed by atoms with Gasteiger partial charge in [0.25, 0.3) is 0 Å². The predicted octanol–water partition coefficient (Wildman–Crippen LogP) is 6.92. The number of hydrogen-bond acceptors (Lipinski definition) is 6. The van der Waals surface area contributed by atoms with E-state index >= 15 is 0 Å². The van der Waals surface area contributed by atoms with Gasteiger partial charge >= 0.3 is 17.9 Å². The molecule has 0 aromatic rings. The van der Waals surface area contributed by atoms with Crippen molar-refractivity contribution in [2.75, 3.05) is 6.61 Å². The molecule has 0 radical (unpaired) electrons. The summed E-state index contributed by atoms with van der Waals surface area (Å²) in [6.07, 6.45) is 12.5. The number of hydrogen-bond donors (Lipinski definition) is 0. The second-order valence-electron chi connectivity index (χ2n) is 11.0. The minimum atomic E-state index is -0.962. The zero-order chi connectivity index (χ0) is 25.6. The highest BCUT2D eigenvalue weighted by molar-refractivity contribution is 5.80. The van der Waals surface area contributed by atoms with E-state index in [4.69, 9.17) is 14.2 Å². The Balaban J connectivity index is 2.82. The Hall–Kier alpha value is -1.59. The van der Waals surface area contributed by atoms with Gasteiger partial charge in [-0.15, -0.1) is 0 Å². The molecule has 198 valence electrons. The molecule has 1 rings (SSSR count). The maximum atomic E-state index is 13.4. The van der Waals surface area contributed by atoms with Crippen LogP contribution in [-0.2, 0) is 28.6 Å². The highest BCUT2D eigenvalue weighted by Crippen LogP contribution is 2.41. The van der Waals surface area contributed by atoms with Crippen LogP contribution >= 0.6 is 0 Å². The molecular weight excluding hydrogens is 432 g/mol. The molecule has 0 aromatic heterocycles. The monoisotopic (exact) mass is 482 g/mol. The number of esters is 3. The lowest BCUT2D eigenvalue weighted by atomic mass is 9.70. The first-order chi connectivity index (χ1) is 16.0. The summed E-state index contributed by atoms with van der Waals surface area (Å²) in [6.45, 7) is 11.4. The molecule has 0 aliphatic heterocycles. The molecule has 2 unspecified atom stereocenters. The minimum absolute atomic E-state index is 0.0721. The number of carbonyl (C=O) groups is 3. The molecule has 0 heterocycles. The van der Waals surface area contributed by atoms with Crippen molar-refractivity contribution >= 4 is 17.9 Å². The quantitative estimate of drug-likeness (QED) is 0.135. The van der Waals surface area contributed by atoms with Crippen LogP contribution in [0.25, 0.3) is 0 Å². The zero-order valence-electron chi connectivity index (χ0n) is 22.7. The van der Waals surface area contributed by atoms with Gasteiger partial charge in [0.1, 0.15) is 12.2 Å². The lowest BCUT2D eigenvalue weighted by Crippen LogP contribution is -2.42. The van der Waals surface area contributed by atoms with Gasteiger partial charge in [0.2, 0.25) is 0 Å². The summed E-state index contributed by atoms with van der Waals surface area (Å²) in [4.78, 5) is 38.0. The Morgan fingerprint density at radius 2 is 1.50 bits per heavy atom. The Bertz CT molecular complexity index is 622. The zero-order valence-corrected chi connectivity index (χ0v) is 22.7. The summed E-state index contributed by atoms with van der Waals surface area (Å²) in [5.74, 6) is -0.965. The highest BCUT2D eigenvalue weighted by atomic mass is 16.6. The third-order valence-electron chi connectivity index (χ3n) is 6.90. The second-order valence-corrected chi connectivity index (χ2v) is 11.0. The molecule has 1 saturated carbocycles. The molecule has 0 aromatic carbocycles. The summed E-state index contributed by atoms with van der Waals surface area (Å²) in [7, 11) is 0. The predicted molar refractivity (Wildman–Crippen MR) is 134 cm³/mol. The summed E-state index contributed by atoms with van der Waals surface area (Å²) in [5, 5.41) is 0. The fourth-order valence-corrected chi connectivity index (χ4v) is 5.00. The van der Waals surface area contributed by atoms with Crippen molar-refractivity contribution in [2.24, 2.45) is 10.8 Å². The van der Waals surface area contributed by atoms with E-state index in [1.807, 2.05) is 27.7 Å². The van der Waals surface area contributed by atoms with Crippen molar-refractivity contribution in [3.63, 3.8) is 0 Å². The fourth-order valence-electron chi connectivity index (χ4n) is 5.00. The summed E-state index contributed by atoms with van der Waals surface area (Å²) >= 11 is 0. The van der Waals surface area contributed by atoms with E-state index in [-0.39, 0.29) is 30.4 Å². The molecular formula is C28H50O6. The van der Waals surface area contributed by atoms with Crippen molar-refractivity contribution in [1.29, 1.82) is 0 Å². The van der Waals surface area contributed by atoms with Crippen LogP contribution in [0.1, 0.15) is 131 Å². The van der Waals surface area contributed by atoms with Crippen LogP contribution in [0.15, 0.2) is 0 Å². The van der Waals surface area contributed by atoms with E-state index < -0.39 is 16.9 Å². The van der Waals surface area contributed by atoms with Crippen LogP contribution in [0.5, 0.6) is 0 Å². The molecule has 0 spiro atoms. The van der Waals surface area contributed by atoms with E-state index in [0.717, 1.165) is 44.9 Å². The number of rotatable bonds is 16. The normalized spacial score (nSPS) is 17.5. The van der Waals surface area contributed by atoms with Gasteiger partial charge in [-0.1, -0.05) is 52.4 Å². The number of ether oxygens (including phenoxy) is 3. The first-order valence-electron chi connectivity index (χ1n) is 13.6. The molecule has 1 aliphatic rings. The Kier molecular flexibility index (Phi) is 13.8. The first kappa shape index (κ1) is 30.4. The third kappa shape index (κ3) is 11.2. The average Bonchev–Trinajstić information content (AvgIpc) is 2.77. The molecule has 6 heteroatoms. The van der Waals surface area contributed by atoms with Gasteiger partial charge in [0.05, 0.1) is 17.4 Å². The maximum Gasteiger partial charge on any atom is 0.312 e. The van der Waals surface area contributed by atoms with Gasteiger partial charge in [0.15, 0.2) is 0 Å². The Morgan fingerprint density at radius 1 is 0.882 bits per heavy atom. The Labute approximate surface area is 207 Å². The van der Waals surface area contributed by atoms with Crippen LogP contribution in [-0.4, -0.2) is 36.7 Å². The van der Waals surface area contributed by atoms with E-state index in [2.05, 4.69) is 6.92 Å². The number of carbonyl (C=O) groups excluding carboxylic acids is 3. The van der Waals surface area contributed by atoms with Crippen LogP contribution in [0.2, 0.25) is 0 Å². The largest absolute Gasteiger partial charge is 0.465 e. The molecule has 2 atom stereocenters. The van der Waals surface area contributed by atoms with Crippen LogP contribution in [0.3, 0.4) is 0 Å². The Morgan fingerprint density at radius 3 is 2.09 bits per heavy atom. The minimum Gasteiger partial charge on any atom is -0.465 e. The van der Waals surface area contributed by atoms with E-state index in [9.17, 15) is 14.4 Å². The summed E-state index contributed by atoms with van der Waals surface area (Å²) in [5.41, 5.74) is -1.83. The van der Waals surface area contributed by atoms with Crippen molar-refractivity contribution in [3.05, 3.63) is 0 Å². The third-order valence-corrected chi connectivity index (χ3v) is 6.90. The molecule has 6 nitrogen and oxygen atoms in total. The lowest BCUT2D eigenvalue weighted by Gasteiger charge is -2.37. The van der Waals surface area contributed by atoms with Crippen LogP contribution in [0.4, 0.5) is 0 Å².